The van der Waals surface area contributed by atoms with Gasteiger partial charge in [0.15, 0.2) is 0 Å². The average Bonchev–Trinajstić information content (AvgIpc) is 2.29. The Morgan fingerprint density at radius 2 is 2.38 bits per heavy atom. The Labute approximate surface area is 103 Å². The van der Waals surface area contributed by atoms with Gasteiger partial charge >= 0.3 is 6.03 Å². The molecule has 16 heavy (non-hydrogen) atoms. The Balaban J connectivity index is 2.35. The van der Waals surface area contributed by atoms with Crippen molar-refractivity contribution in [2.75, 3.05) is 19.6 Å². The van der Waals surface area contributed by atoms with E-state index >= 15 is 0 Å². The van der Waals surface area contributed by atoms with E-state index in [1.807, 2.05) is 4.90 Å². The van der Waals surface area contributed by atoms with Crippen LogP contribution in [0.15, 0.2) is 0 Å². The molecule has 0 aromatic carbocycles. The molecule has 0 spiro atoms. The van der Waals surface area contributed by atoms with E-state index < -0.39 is 0 Å². The fourth-order valence-electron chi connectivity index (χ4n) is 1.88. The van der Waals surface area contributed by atoms with E-state index in [-0.39, 0.29) is 11.9 Å². The van der Waals surface area contributed by atoms with Gasteiger partial charge in [0.2, 0.25) is 0 Å². The van der Waals surface area contributed by atoms with E-state index in [0.29, 0.717) is 11.5 Å². The van der Waals surface area contributed by atoms with Gasteiger partial charge < -0.3 is 16.0 Å². The van der Waals surface area contributed by atoms with Crippen LogP contribution in [0.4, 0.5) is 4.79 Å². The number of nitrogens with two attached hydrogens (primary N) is 1. The minimum absolute atomic E-state index is 0.0226. The monoisotopic (exact) mass is 243 g/mol. The van der Waals surface area contributed by atoms with Gasteiger partial charge in [0.1, 0.15) is 0 Å². The molecule has 0 aromatic heterocycles. The van der Waals surface area contributed by atoms with Gasteiger partial charge in [-0.2, -0.15) is 0 Å². The molecule has 0 aliphatic carbocycles. The third-order valence-electron chi connectivity index (χ3n) is 2.92. The lowest BCUT2D eigenvalue weighted by Gasteiger charge is -2.32. The highest BCUT2D eigenvalue weighted by molar-refractivity contribution is 7.80. The molecule has 0 aromatic rings. The summed E-state index contributed by atoms with van der Waals surface area (Å²) in [5, 5.41) is 2.92. The Morgan fingerprint density at radius 3 is 3.00 bits per heavy atom. The van der Waals surface area contributed by atoms with Crippen molar-refractivity contribution in [3.05, 3.63) is 0 Å². The number of hydrogen-bond acceptors (Lipinski definition) is 2. The Bertz CT molecular complexity index is 258. The zero-order valence-corrected chi connectivity index (χ0v) is 10.7. The number of nitrogens with one attached hydrogen (secondary N) is 1. The van der Waals surface area contributed by atoms with Crippen LogP contribution in [0.3, 0.4) is 0 Å². The highest BCUT2D eigenvalue weighted by atomic mass is 32.1. The van der Waals surface area contributed by atoms with Crippen molar-refractivity contribution in [2.24, 2.45) is 11.7 Å². The zero-order valence-electron chi connectivity index (χ0n) is 9.87. The summed E-state index contributed by atoms with van der Waals surface area (Å²) in [7, 11) is 0. The second kappa shape index (κ2) is 6.68. The summed E-state index contributed by atoms with van der Waals surface area (Å²) in [5.41, 5.74) is 5.62. The lowest BCUT2D eigenvalue weighted by molar-refractivity contribution is 0.178. The van der Waals surface area contributed by atoms with Crippen molar-refractivity contribution in [3.63, 3.8) is 0 Å². The molecular weight excluding hydrogens is 222 g/mol. The Morgan fingerprint density at radius 1 is 1.62 bits per heavy atom. The summed E-state index contributed by atoms with van der Waals surface area (Å²) in [6.45, 7) is 4.35. The number of carbonyl (C=O) groups is 1. The number of unbranched alkanes of at least 4 members (excludes halogenated alkanes) is 1. The summed E-state index contributed by atoms with van der Waals surface area (Å²) in [4.78, 5) is 14.1. The SMILES string of the molecule is CCCCNC(=O)N1CCCC(C(N)=S)C1. The lowest BCUT2D eigenvalue weighted by atomic mass is 9.98. The third kappa shape index (κ3) is 3.96. The van der Waals surface area contributed by atoms with E-state index in [2.05, 4.69) is 12.2 Å². The maximum Gasteiger partial charge on any atom is 0.317 e. The minimum atomic E-state index is 0.0226. The summed E-state index contributed by atoms with van der Waals surface area (Å²) in [6.07, 6.45) is 4.12. The van der Waals surface area contributed by atoms with Gasteiger partial charge in [-0.3, -0.25) is 0 Å². The smallest absolute Gasteiger partial charge is 0.317 e. The lowest BCUT2D eigenvalue weighted by Crippen LogP contribution is -2.48. The number of thiocarbonyl (C=S) groups is 1. The zero-order chi connectivity index (χ0) is 12.0. The number of carbonyl (C=O) groups excluding carboxylic acids is 1. The Hall–Kier alpha value is -0.840. The first-order valence-corrected chi connectivity index (χ1v) is 6.38. The van der Waals surface area contributed by atoms with Crippen molar-refractivity contribution in [2.45, 2.75) is 32.6 Å². The quantitative estimate of drug-likeness (QED) is 0.581. The van der Waals surface area contributed by atoms with Crippen LogP contribution in [-0.2, 0) is 0 Å². The largest absolute Gasteiger partial charge is 0.393 e. The van der Waals surface area contributed by atoms with Crippen molar-refractivity contribution in [1.82, 2.24) is 10.2 Å². The number of urea groups is 1. The van der Waals surface area contributed by atoms with Crippen LogP contribution in [0.5, 0.6) is 0 Å². The molecule has 1 aliphatic rings. The molecule has 1 atom stereocenters. The standard InChI is InChI=1S/C11H21N3OS/c1-2-3-6-13-11(15)14-7-4-5-9(8-14)10(12)16/h9H,2-8H2,1H3,(H2,12,16)(H,13,15). The van der Waals surface area contributed by atoms with Gasteiger partial charge in [-0.1, -0.05) is 25.6 Å². The summed E-state index contributed by atoms with van der Waals surface area (Å²) >= 11 is 4.98. The number of piperidine rings is 1. The summed E-state index contributed by atoms with van der Waals surface area (Å²) in [5.74, 6) is 0.195. The fourth-order valence-corrected chi connectivity index (χ4v) is 2.07. The van der Waals surface area contributed by atoms with Gasteiger partial charge in [-0.15, -0.1) is 0 Å². The number of likely N-dealkylation sites (tertiary alicyclic amines) is 1. The highest BCUT2D eigenvalue weighted by Crippen LogP contribution is 2.16. The third-order valence-corrected chi connectivity index (χ3v) is 3.25. The molecule has 1 rings (SSSR count). The van der Waals surface area contributed by atoms with Crippen LogP contribution >= 0.6 is 12.2 Å². The second-order valence-corrected chi connectivity index (χ2v) is 4.74. The molecule has 0 radical (unpaired) electrons. The second-order valence-electron chi connectivity index (χ2n) is 4.27. The van der Waals surface area contributed by atoms with E-state index in [1.165, 1.54) is 0 Å². The maximum atomic E-state index is 11.8. The minimum Gasteiger partial charge on any atom is -0.393 e. The molecule has 1 saturated heterocycles. The molecule has 1 fully saturated rings. The molecule has 2 amide bonds. The van der Waals surface area contributed by atoms with Gasteiger partial charge in [0.05, 0.1) is 4.99 Å². The van der Waals surface area contributed by atoms with Crippen molar-refractivity contribution in [1.29, 1.82) is 0 Å². The van der Waals surface area contributed by atoms with Crippen molar-refractivity contribution in [3.8, 4) is 0 Å². The molecule has 5 heteroatoms. The van der Waals surface area contributed by atoms with Gasteiger partial charge in [0, 0.05) is 25.6 Å². The van der Waals surface area contributed by atoms with E-state index in [1.54, 1.807) is 0 Å². The van der Waals surface area contributed by atoms with Crippen LogP contribution in [-0.4, -0.2) is 35.6 Å². The van der Waals surface area contributed by atoms with Gasteiger partial charge in [-0.05, 0) is 19.3 Å². The molecule has 3 N–H and O–H groups in total. The molecule has 0 bridgehead atoms. The first-order chi connectivity index (χ1) is 7.65. The number of hydrogen-bond donors (Lipinski definition) is 2. The molecule has 4 nitrogen and oxygen atoms in total. The highest BCUT2D eigenvalue weighted by Gasteiger charge is 2.24. The summed E-state index contributed by atoms with van der Waals surface area (Å²) < 4.78 is 0. The fraction of sp³-hybridized carbons (Fsp3) is 0.818. The van der Waals surface area contributed by atoms with E-state index in [4.69, 9.17) is 18.0 Å². The molecule has 1 heterocycles. The number of nitrogens with zero attached hydrogens (tertiary/aromatic N) is 1. The van der Waals surface area contributed by atoms with Crippen LogP contribution in [0, 0.1) is 5.92 Å². The predicted molar refractivity (Wildman–Crippen MR) is 69.4 cm³/mol. The van der Waals surface area contributed by atoms with Gasteiger partial charge in [-0.25, -0.2) is 4.79 Å². The molecule has 0 saturated carbocycles. The molecule has 1 unspecified atom stereocenters. The maximum absolute atomic E-state index is 11.8. The van der Waals surface area contributed by atoms with E-state index in [9.17, 15) is 4.79 Å². The predicted octanol–water partition coefficient (Wildman–Crippen LogP) is 1.49. The van der Waals surface area contributed by atoms with Crippen LogP contribution in [0.25, 0.3) is 0 Å². The number of amides is 2. The number of rotatable bonds is 4. The van der Waals surface area contributed by atoms with Crippen molar-refractivity contribution < 1.29 is 4.79 Å². The first kappa shape index (κ1) is 13.2. The van der Waals surface area contributed by atoms with Crippen molar-refractivity contribution >= 4 is 23.2 Å². The first-order valence-electron chi connectivity index (χ1n) is 5.97. The van der Waals surface area contributed by atoms with Crippen LogP contribution < -0.4 is 11.1 Å². The van der Waals surface area contributed by atoms with Crippen LogP contribution in [0.1, 0.15) is 32.6 Å². The average molecular weight is 243 g/mol. The molecule has 1 aliphatic heterocycles. The molecule has 92 valence electrons. The summed E-state index contributed by atoms with van der Waals surface area (Å²) in [6, 6.07) is 0.0226. The van der Waals surface area contributed by atoms with Crippen LogP contribution in [0.2, 0.25) is 0 Å². The van der Waals surface area contributed by atoms with E-state index in [0.717, 1.165) is 38.8 Å². The normalized spacial score (nSPS) is 20.6. The topological polar surface area (TPSA) is 58.4 Å². The Kier molecular flexibility index (Phi) is 5.52. The van der Waals surface area contributed by atoms with Gasteiger partial charge in [0.25, 0.3) is 0 Å². The molecular formula is C11H21N3OS.